The van der Waals surface area contributed by atoms with Gasteiger partial charge in [0.15, 0.2) is 0 Å². The fraction of sp³-hybridized carbons (Fsp3) is 0.400. The second-order valence-corrected chi connectivity index (χ2v) is 6.47. The molecule has 21 heavy (non-hydrogen) atoms. The highest BCUT2D eigenvalue weighted by Crippen LogP contribution is 2.37. The largest absolute Gasteiger partial charge is 0.355 e. The number of aryl methyl sites for hydroxylation is 2. The van der Waals surface area contributed by atoms with E-state index in [2.05, 4.69) is 40.5 Å². The van der Waals surface area contributed by atoms with E-state index < -0.39 is 0 Å². The smallest absolute Gasteiger partial charge is 0.233 e. The predicted octanol–water partition coefficient (Wildman–Crippen LogP) is 1.81. The van der Waals surface area contributed by atoms with Crippen molar-refractivity contribution in [3.63, 3.8) is 0 Å². The Hall–Kier alpha value is -1.82. The minimum atomic E-state index is 0.00756. The number of rotatable bonds is 5. The lowest BCUT2D eigenvalue weighted by atomic mass is 10.1. The van der Waals surface area contributed by atoms with Crippen molar-refractivity contribution in [2.75, 3.05) is 6.54 Å². The van der Waals surface area contributed by atoms with Crippen molar-refractivity contribution in [1.29, 1.82) is 0 Å². The van der Waals surface area contributed by atoms with E-state index in [-0.39, 0.29) is 11.2 Å². The van der Waals surface area contributed by atoms with Crippen LogP contribution in [-0.4, -0.2) is 32.5 Å². The van der Waals surface area contributed by atoms with Crippen LogP contribution >= 0.6 is 11.8 Å². The van der Waals surface area contributed by atoms with Gasteiger partial charge in [-0.05, 0) is 31.4 Å². The molecule has 2 heterocycles. The molecule has 0 aliphatic carbocycles. The number of benzene rings is 1. The Balaban J connectivity index is 1.45. The van der Waals surface area contributed by atoms with Gasteiger partial charge in [0.1, 0.15) is 12.7 Å². The molecule has 0 bridgehead atoms. The second kappa shape index (κ2) is 6.30. The fourth-order valence-electron chi connectivity index (χ4n) is 2.40. The molecule has 1 aromatic heterocycles. The number of carbonyl (C=O) groups excluding carboxylic acids is 1. The number of nitrogens with zero attached hydrogens (tertiary/aromatic N) is 3. The second-order valence-electron chi connectivity index (χ2n) is 5.22. The van der Waals surface area contributed by atoms with E-state index in [1.165, 1.54) is 22.3 Å². The van der Waals surface area contributed by atoms with Gasteiger partial charge in [-0.25, -0.2) is 4.98 Å². The lowest BCUT2D eigenvalue weighted by Gasteiger charge is -2.09. The summed E-state index contributed by atoms with van der Waals surface area (Å²) in [6.45, 7) is 3.53. The van der Waals surface area contributed by atoms with Crippen LogP contribution < -0.4 is 5.32 Å². The summed E-state index contributed by atoms with van der Waals surface area (Å²) < 4.78 is 1.77. The van der Waals surface area contributed by atoms with Crippen molar-refractivity contribution in [2.24, 2.45) is 0 Å². The molecule has 1 aliphatic rings. The first-order valence-electron chi connectivity index (χ1n) is 7.09. The summed E-state index contributed by atoms with van der Waals surface area (Å²) in [5.41, 5.74) is 2.53. The molecule has 1 atom stereocenters. The molecule has 1 aliphatic heterocycles. The molecule has 3 rings (SSSR count). The van der Waals surface area contributed by atoms with Gasteiger partial charge in [-0.1, -0.05) is 17.7 Å². The summed E-state index contributed by atoms with van der Waals surface area (Å²) in [4.78, 5) is 17.3. The van der Waals surface area contributed by atoms with Crippen molar-refractivity contribution in [3.05, 3.63) is 42.0 Å². The normalized spacial score (nSPS) is 16.7. The molecule has 0 fully saturated rings. The minimum Gasteiger partial charge on any atom is -0.355 e. The van der Waals surface area contributed by atoms with Crippen LogP contribution in [0.5, 0.6) is 0 Å². The first-order valence-corrected chi connectivity index (χ1v) is 7.96. The monoisotopic (exact) mass is 302 g/mol. The molecule has 2 aromatic rings. The summed E-state index contributed by atoms with van der Waals surface area (Å²) in [6, 6.07) is 6.41. The van der Waals surface area contributed by atoms with Gasteiger partial charge in [0.2, 0.25) is 5.91 Å². The Labute approximate surface area is 128 Å². The molecule has 0 spiro atoms. The summed E-state index contributed by atoms with van der Waals surface area (Å²) in [7, 11) is 0. The lowest BCUT2D eigenvalue weighted by molar-refractivity contribution is -0.120. The van der Waals surface area contributed by atoms with Crippen LogP contribution in [0.1, 0.15) is 17.5 Å². The maximum atomic E-state index is 12.2. The van der Waals surface area contributed by atoms with Gasteiger partial charge in [0, 0.05) is 18.0 Å². The van der Waals surface area contributed by atoms with Crippen molar-refractivity contribution in [3.8, 4) is 0 Å². The maximum absolute atomic E-state index is 12.2. The van der Waals surface area contributed by atoms with E-state index in [4.69, 9.17) is 0 Å². The average Bonchev–Trinajstić information content (AvgIpc) is 3.11. The van der Waals surface area contributed by atoms with Crippen molar-refractivity contribution in [2.45, 2.75) is 36.5 Å². The molecule has 0 radical (unpaired) electrons. The van der Waals surface area contributed by atoms with Crippen LogP contribution in [0.2, 0.25) is 0 Å². The highest BCUT2D eigenvalue weighted by Gasteiger charge is 2.27. The van der Waals surface area contributed by atoms with Gasteiger partial charge in [-0.3, -0.25) is 9.48 Å². The standard InChI is InChI=1S/C15H18N4OS/c1-11-3-4-12-8-14(21-13(12)7-11)15(20)17-5-2-6-19-10-16-9-18-19/h3-4,7,9-10,14H,2,5-6,8H2,1H3,(H,17,20)/t14-/m0/s1. The number of carbonyl (C=O) groups is 1. The zero-order valence-electron chi connectivity index (χ0n) is 12.0. The topological polar surface area (TPSA) is 59.8 Å². The third-order valence-corrected chi connectivity index (χ3v) is 4.82. The number of hydrogen-bond acceptors (Lipinski definition) is 4. The van der Waals surface area contributed by atoms with E-state index in [9.17, 15) is 4.79 Å². The van der Waals surface area contributed by atoms with Crippen molar-refractivity contribution < 1.29 is 4.79 Å². The SMILES string of the molecule is Cc1ccc2c(c1)S[C@H](C(=O)NCCCn1cncn1)C2. The highest BCUT2D eigenvalue weighted by atomic mass is 32.2. The number of thioether (sulfide) groups is 1. The van der Waals surface area contributed by atoms with E-state index in [0.29, 0.717) is 6.54 Å². The Morgan fingerprint density at radius 2 is 2.43 bits per heavy atom. The minimum absolute atomic E-state index is 0.00756. The predicted molar refractivity (Wildman–Crippen MR) is 82.2 cm³/mol. The van der Waals surface area contributed by atoms with Crippen LogP contribution in [-0.2, 0) is 17.8 Å². The van der Waals surface area contributed by atoms with E-state index >= 15 is 0 Å². The van der Waals surface area contributed by atoms with Gasteiger partial charge in [-0.2, -0.15) is 5.10 Å². The fourth-order valence-corrected chi connectivity index (χ4v) is 3.71. The van der Waals surface area contributed by atoms with Crippen LogP contribution in [0, 0.1) is 6.92 Å². The van der Waals surface area contributed by atoms with Crippen LogP contribution in [0.15, 0.2) is 35.7 Å². The molecule has 110 valence electrons. The molecule has 1 aromatic carbocycles. The molecule has 1 N–H and O–H groups in total. The molecule has 1 amide bonds. The first kappa shape index (κ1) is 14.1. The van der Waals surface area contributed by atoms with Gasteiger partial charge >= 0.3 is 0 Å². The van der Waals surface area contributed by atoms with Gasteiger partial charge < -0.3 is 5.32 Å². The van der Waals surface area contributed by atoms with Crippen LogP contribution in [0.4, 0.5) is 0 Å². The number of nitrogens with one attached hydrogen (secondary N) is 1. The summed E-state index contributed by atoms with van der Waals surface area (Å²) in [5.74, 6) is 0.132. The van der Waals surface area contributed by atoms with E-state index in [1.807, 2.05) is 0 Å². The summed E-state index contributed by atoms with van der Waals surface area (Å²) in [6.07, 6.45) is 4.90. The third-order valence-electron chi connectivity index (χ3n) is 3.52. The summed E-state index contributed by atoms with van der Waals surface area (Å²) in [5, 5.41) is 7.06. The summed E-state index contributed by atoms with van der Waals surface area (Å²) >= 11 is 1.67. The Kier molecular flexibility index (Phi) is 4.24. The molecular weight excluding hydrogens is 284 g/mol. The highest BCUT2D eigenvalue weighted by molar-refractivity contribution is 8.01. The molecule has 5 nitrogen and oxygen atoms in total. The van der Waals surface area contributed by atoms with Crippen LogP contribution in [0.25, 0.3) is 0 Å². The van der Waals surface area contributed by atoms with Gasteiger partial charge in [-0.15, -0.1) is 11.8 Å². The third kappa shape index (κ3) is 3.44. The number of amides is 1. The van der Waals surface area contributed by atoms with Gasteiger partial charge in [0.05, 0.1) is 5.25 Å². The average molecular weight is 302 g/mol. The number of hydrogen-bond donors (Lipinski definition) is 1. The van der Waals surface area contributed by atoms with Crippen molar-refractivity contribution >= 4 is 17.7 Å². The van der Waals surface area contributed by atoms with Gasteiger partial charge in [0.25, 0.3) is 0 Å². The zero-order valence-corrected chi connectivity index (χ0v) is 12.8. The zero-order chi connectivity index (χ0) is 14.7. The Morgan fingerprint density at radius 1 is 1.52 bits per heavy atom. The molecule has 0 unspecified atom stereocenters. The number of fused-ring (bicyclic) bond motifs is 1. The molecular formula is C15H18N4OS. The quantitative estimate of drug-likeness (QED) is 0.856. The Bertz CT molecular complexity index is 627. The van der Waals surface area contributed by atoms with E-state index in [1.54, 1.807) is 22.8 Å². The first-order chi connectivity index (χ1) is 10.2. The molecule has 6 heteroatoms. The molecule has 0 saturated carbocycles. The maximum Gasteiger partial charge on any atom is 0.233 e. The van der Waals surface area contributed by atoms with Crippen molar-refractivity contribution in [1.82, 2.24) is 20.1 Å². The number of aromatic nitrogens is 3. The van der Waals surface area contributed by atoms with Crippen LogP contribution in [0.3, 0.4) is 0 Å². The lowest BCUT2D eigenvalue weighted by Crippen LogP contribution is -2.33. The Morgan fingerprint density at radius 3 is 3.24 bits per heavy atom. The van der Waals surface area contributed by atoms with E-state index in [0.717, 1.165) is 19.4 Å². The molecule has 0 saturated heterocycles.